The number of aryl methyl sites for hydroxylation is 2. The van der Waals surface area contributed by atoms with Gasteiger partial charge in [-0.15, -0.1) is 0 Å². The van der Waals surface area contributed by atoms with E-state index in [-0.39, 0.29) is 5.97 Å². The van der Waals surface area contributed by atoms with E-state index in [1.54, 1.807) is 30.3 Å². The number of benzene rings is 2. The van der Waals surface area contributed by atoms with Gasteiger partial charge in [0.05, 0.1) is 18.8 Å². The lowest BCUT2D eigenvalue weighted by Crippen LogP contribution is -2.08. The molecule has 0 aromatic heterocycles. The Kier molecular flexibility index (Phi) is 8.96. The molecule has 0 spiro atoms. The molecule has 0 fully saturated rings. The van der Waals surface area contributed by atoms with Crippen molar-refractivity contribution in [2.75, 3.05) is 13.2 Å². The van der Waals surface area contributed by atoms with Gasteiger partial charge in [0.25, 0.3) is 0 Å². The SMILES string of the molecule is C=CC(=O)OCCCCCCOc1ccc(C(=O)Oc2ccc(C)c(C)c2)cc1. The molecule has 29 heavy (non-hydrogen) atoms. The third-order valence-electron chi connectivity index (χ3n) is 4.50. The van der Waals surface area contributed by atoms with E-state index in [2.05, 4.69) is 6.58 Å². The fraction of sp³-hybridized carbons (Fsp3) is 0.333. The summed E-state index contributed by atoms with van der Waals surface area (Å²) in [6.07, 6.45) is 4.87. The molecule has 0 aliphatic rings. The Labute approximate surface area is 172 Å². The molecule has 0 radical (unpaired) electrons. The first-order valence-corrected chi connectivity index (χ1v) is 9.81. The minimum Gasteiger partial charge on any atom is -0.494 e. The van der Waals surface area contributed by atoms with E-state index in [4.69, 9.17) is 14.2 Å². The second-order valence-corrected chi connectivity index (χ2v) is 6.79. The second-order valence-electron chi connectivity index (χ2n) is 6.79. The highest BCUT2D eigenvalue weighted by molar-refractivity contribution is 5.91. The van der Waals surface area contributed by atoms with Crippen molar-refractivity contribution in [2.45, 2.75) is 39.5 Å². The van der Waals surface area contributed by atoms with E-state index in [0.29, 0.717) is 30.3 Å². The molecule has 0 saturated heterocycles. The molecule has 0 aliphatic carbocycles. The summed E-state index contributed by atoms with van der Waals surface area (Å²) in [6, 6.07) is 12.5. The minimum atomic E-state index is -0.392. The van der Waals surface area contributed by atoms with Crippen molar-refractivity contribution >= 4 is 11.9 Å². The normalized spacial score (nSPS) is 10.3. The fourth-order valence-corrected chi connectivity index (χ4v) is 2.61. The van der Waals surface area contributed by atoms with Gasteiger partial charge < -0.3 is 14.2 Å². The molecule has 2 aromatic carbocycles. The first-order valence-electron chi connectivity index (χ1n) is 9.81. The first-order chi connectivity index (χ1) is 14.0. The zero-order chi connectivity index (χ0) is 21.1. The Morgan fingerprint density at radius 1 is 0.862 bits per heavy atom. The van der Waals surface area contributed by atoms with Crippen LogP contribution in [-0.4, -0.2) is 25.2 Å². The summed E-state index contributed by atoms with van der Waals surface area (Å²) >= 11 is 0. The van der Waals surface area contributed by atoms with Crippen LogP contribution in [0.1, 0.15) is 47.2 Å². The monoisotopic (exact) mass is 396 g/mol. The predicted octanol–water partition coefficient (Wildman–Crippen LogP) is 5.19. The summed E-state index contributed by atoms with van der Waals surface area (Å²) in [5, 5.41) is 0. The van der Waals surface area contributed by atoms with E-state index >= 15 is 0 Å². The first kappa shape index (κ1) is 22.2. The Morgan fingerprint density at radius 3 is 2.17 bits per heavy atom. The van der Waals surface area contributed by atoms with Gasteiger partial charge >= 0.3 is 11.9 Å². The van der Waals surface area contributed by atoms with Gasteiger partial charge in [0.15, 0.2) is 0 Å². The van der Waals surface area contributed by atoms with Gasteiger partial charge in [-0.25, -0.2) is 9.59 Å². The van der Waals surface area contributed by atoms with Gasteiger partial charge in [0.1, 0.15) is 11.5 Å². The van der Waals surface area contributed by atoms with E-state index in [9.17, 15) is 9.59 Å². The largest absolute Gasteiger partial charge is 0.494 e. The molecular formula is C24H28O5. The third-order valence-corrected chi connectivity index (χ3v) is 4.50. The van der Waals surface area contributed by atoms with E-state index in [0.717, 1.165) is 36.8 Å². The predicted molar refractivity (Wildman–Crippen MR) is 112 cm³/mol. The zero-order valence-corrected chi connectivity index (χ0v) is 17.1. The third kappa shape index (κ3) is 7.82. The molecule has 5 heteroatoms. The number of rotatable bonds is 11. The molecule has 0 N–H and O–H groups in total. The highest BCUT2D eigenvalue weighted by Crippen LogP contribution is 2.19. The van der Waals surface area contributed by atoms with Crippen molar-refractivity contribution in [1.82, 2.24) is 0 Å². The van der Waals surface area contributed by atoms with Crippen molar-refractivity contribution in [3.05, 3.63) is 71.8 Å². The Balaban J connectivity index is 1.67. The summed E-state index contributed by atoms with van der Waals surface area (Å²) in [6.45, 7) is 8.37. The summed E-state index contributed by atoms with van der Waals surface area (Å²) in [7, 11) is 0. The molecule has 154 valence electrons. The highest BCUT2D eigenvalue weighted by atomic mass is 16.5. The minimum absolute atomic E-state index is 0.380. The molecule has 0 aliphatic heterocycles. The molecule has 0 unspecified atom stereocenters. The highest BCUT2D eigenvalue weighted by Gasteiger charge is 2.09. The molecular weight excluding hydrogens is 368 g/mol. The lowest BCUT2D eigenvalue weighted by molar-refractivity contribution is -0.137. The number of unbranched alkanes of at least 4 members (excludes halogenated alkanes) is 3. The van der Waals surface area contributed by atoms with Crippen molar-refractivity contribution in [3.8, 4) is 11.5 Å². The topological polar surface area (TPSA) is 61.8 Å². The molecule has 0 saturated carbocycles. The van der Waals surface area contributed by atoms with E-state index in [1.165, 1.54) is 6.08 Å². The summed E-state index contributed by atoms with van der Waals surface area (Å²) < 4.78 is 16.0. The quantitative estimate of drug-likeness (QED) is 0.226. The smallest absolute Gasteiger partial charge is 0.343 e. The number of carbonyl (C=O) groups excluding carboxylic acids is 2. The summed E-state index contributed by atoms with van der Waals surface area (Å²) in [4.78, 5) is 23.2. The molecule has 5 nitrogen and oxygen atoms in total. The van der Waals surface area contributed by atoms with Crippen LogP contribution in [0.3, 0.4) is 0 Å². The average Bonchev–Trinajstić information content (AvgIpc) is 2.72. The van der Waals surface area contributed by atoms with Crippen LogP contribution in [0.25, 0.3) is 0 Å². The molecule has 0 amide bonds. The van der Waals surface area contributed by atoms with Crippen molar-refractivity contribution in [1.29, 1.82) is 0 Å². The maximum absolute atomic E-state index is 12.3. The van der Waals surface area contributed by atoms with E-state index in [1.807, 2.05) is 26.0 Å². The number of esters is 2. The van der Waals surface area contributed by atoms with Crippen LogP contribution < -0.4 is 9.47 Å². The average molecular weight is 396 g/mol. The zero-order valence-electron chi connectivity index (χ0n) is 17.1. The molecule has 0 heterocycles. The van der Waals surface area contributed by atoms with Crippen molar-refractivity contribution in [2.24, 2.45) is 0 Å². The Hall–Kier alpha value is -3.08. The van der Waals surface area contributed by atoms with Crippen molar-refractivity contribution in [3.63, 3.8) is 0 Å². The van der Waals surface area contributed by atoms with E-state index < -0.39 is 5.97 Å². The maximum atomic E-state index is 12.3. The molecule has 0 atom stereocenters. The maximum Gasteiger partial charge on any atom is 0.343 e. The van der Waals surface area contributed by atoms with Crippen LogP contribution in [0.15, 0.2) is 55.1 Å². The van der Waals surface area contributed by atoms with Crippen LogP contribution in [0.4, 0.5) is 0 Å². The lowest BCUT2D eigenvalue weighted by atomic mass is 10.1. The van der Waals surface area contributed by atoms with Crippen LogP contribution in [0.5, 0.6) is 11.5 Å². The number of carbonyl (C=O) groups is 2. The number of hydrogen-bond donors (Lipinski definition) is 0. The van der Waals surface area contributed by atoms with Crippen LogP contribution in [0.2, 0.25) is 0 Å². The standard InChI is InChI=1S/C24H28O5/c1-4-23(25)28-16-8-6-5-7-15-27-21-13-10-20(11-14-21)24(26)29-22-12-9-18(2)19(3)17-22/h4,9-14,17H,1,5-8,15-16H2,2-3H3. The Morgan fingerprint density at radius 2 is 1.52 bits per heavy atom. The molecule has 2 rings (SSSR count). The number of ether oxygens (including phenoxy) is 3. The van der Waals surface area contributed by atoms with Gasteiger partial charge in [-0.2, -0.15) is 0 Å². The van der Waals surface area contributed by atoms with Gasteiger partial charge in [-0.3, -0.25) is 0 Å². The fourth-order valence-electron chi connectivity index (χ4n) is 2.61. The van der Waals surface area contributed by atoms with Gasteiger partial charge in [0.2, 0.25) is 0 Å². The van der Waals surface area contributed by atoms with Crippen LogP contribution in [0, 0.1) is 13.8 Å². The van der Waals surface area contributed by atoms with Gasteiger partial charge in [-0.1, -0.05) is 12.6 Å². The Bertz CT molecular complexity index is 824. The van der Waals surface area contributed by atoms with Crippen LogP contribution >= 0.6 is 0 Å². The van der Waals surface area contributed by atoms with Crippen molar-refractivity contribution < 1.29 is 23.8 Å². The van der Waals surface area contributed by atoms with Gasteiger partial charge in [0, 0.05) is 6.08 Å². The summed E-state index contributed by atoms with van der Waals surface area (Å²) in [5.41, 5.74) is 2.71. The van der Waals surface area contributed by atoms with Gasteiger partial charge in [-0.05, 0) is 87.1 Å². The lowest BCUT2D eigenvalue weighted by Gasteiger charge is -2.09. The number of hydrogen-bond acceptors (Lipinski definition) is 5. The van der Waals surface area contributed by atoms with Crippen LogP contribution in [-0.2, 0) is 9.53 Å². The second kappa shape index (κ2) is 11.7. The molecule has 2 aromatic rings. The summed E-state index contributed by atoms with van der Waals surface area (Å²) in [5.74, 6) is 0.483. The molecule has 0 bridgehead atoms.